The summed E-state index contributed by atoms with van der Waals surface area (Å²) in [7, 11) is 0. The first-order valence-corrected chi connectivity index (χ1v) is 12.6. The number of carbonyl (C=O) groups excluding carboxylic acids is 1. The Morgan fingerprint density at radius 2 is 1.78 bits per heavy atom. The molecule has 4 heterocycles. The molecule has 2 aliphatic heterocycles. The van der Waals surface area contributed by atoms with Crippen LogP contribution in [0.3, 0.4) is 0 Å². The molecule has 190 valence electrons. The number of hydrogen-bond donors (Lipinski definition) is 2. The molecule has 1 atom stereocenters. The summed E-state index contributed by atoms with van der Waals surface area (Å²) in [5.74, 6) is 1.71. The van der Waals surface area contributed by atoms with Gasteiger partial charge in [-0.05, 0) is 35.9 Å². The third kappa shape index (κ3) is 6.53. The fraction of sp³-hybridized carbons (Fsp3) is 0.333. The summed E-state index contributed by atoms with van der Waals surface area (Å²) >= 11 is 0. The number of aryl methyl sites for hydroxylation is 1. The number of carbonyl (C=O) groups is 1. The number of piperazine rings is 1. The van der Waals surface area contributed by atoms with E-state index in [0.29, 0.717) is 30.3 Å². The van der Waals surface area contributed by atoms with Crippen LogP contribution in [-0.2, 0) is 17.8 Å². The number of nitrogens with zero attached hydrogens (tertiary/aromatic N) is 7. The van der Waals surface area contributed by atoms with Crippen molar-refractivity contribution in [2.45, 2.75) is 32.5 Å². The molecule has 10 nitrogen and oxygen atoms in total. The average Bonchev–Trinajstić information content (AvgIpc) is 2.94. The third-order valence-electron chi connectivity index (χ3n) is 6.33. The van der Waals surface area contributed by atoms with Crippen molar-refractivity contribution >= 4 is 29.7 Å². The van der Waals surface area contributed by atoms with Gasteiger partial charge in [-0.1, -0.05) is 25.1 Å². The first kappa shape index (κ1) is 24.5. The summed E-state index contributed by atoms with van der Waals surface area (Å²) in [5, 5.41) is 6.20. The molecule has 37 heavy (non-hydrogen) atoms. The van der Waals surface area contributed by atoms with Crippen LogP contribution < -0.4 is 15.5 Å². The van der Waals surface area contributed by atoms with E-state index in [1.807, 2.05) is 55.7 Å². The summed E-state index contributed by atoms with van der Waals surface area (Å²) in [4.78, 5) is 39.9. The molecule has 2 aromatic heterocycles. The zero-order chi connectivity index (χ0) is 25.5. The molecule has 0 saturated carbocycles. The molecule has 3 aromatic rings. The van der Waals surface area contributed by atoms with E-state index in [-0.39, 0.29) is 5.91 Å². The predicted molar refractivity (Wildman–Crippen MR) is 145 cm³/mol. The smallest absolute Gasteiger partial charge is 0.251 e. The van der Waals surface area contributed by atoms with Gasteiger partial charge in [0.05, 0.1) is 0 Å². The van der Waals surface area contributed by atoms with Crippen LogP contribution in [0.2, 0.25) is 0 Å². The van der Waals surface area contributed by atoms with Crippen LogP contribution in [0.1, 0.15) is 24.7 Å². The van der Waals surface area contributed by atoms with Gasteiger partial charge in [0, 0.05) is 75.4 Å². The highest BCUT2D eigenvalue weighted by Crippen LogP contribution is 2.18. The number of rotatable bonds is 8. The largest absolute Gasteiger partial charge is 0.338 e. The second kappa shape index (κ2) is 11.7. The van der Waals surface area contributed by atoms with Crippen molar-refractivity contribution in [1.29, 1.82) is 0 Å². The Morgan fingerprint density at radius 1 is 1.00 bits per heavy atom. The minimum absolute atomic E-state index is 0.139. The molecule has 0 bridgehead atoms. The molecule has 1 saturated heterocycles. The molecule has 1 aromatic carbocycles. The number of benzene rings is 1. The molecule has 0 spiro atoms. The number of aromatic nitrogens is 4. The van der Waals surface area contributed by atoms with E-state index in [2.05, 4.69) is 52.5 Å². The number of pyridine rings is 1. The quantitative estimate of drug-likeness (QED) is 0.489. The first-order chi connectivity index (χ1) is 18.2. The number of anilines is 3. The number of hydrogen-bond acceptors (Lipinski definition) is 9. The molecule has 0 aliphatic carbocycles. The average molecular weight is 498 g/mol. The highest BCUT2D eigenvalue weighted by atomic mass is 16.1. The van der Waals surface area contributed by atoms with Crippen LogP contribution >= 0.6 is 0 Å². The molecule has 0 radical (unpaired) electrons. The Bertz CT molecular complexity index is 1260. The lowest BCUT2D eigenvalue weighted by Gasteiger charge is -2.34. The standard InChI is InChI=1S/C27H31N9O/c1-2-23-31-26(32-24-18-21(10-13-29-24)25(37)30-22-6-4-3-5-7-22)34-27(33-23)36-16-14-35(15-17-36)19-20-8-11-28-12-9-20/h3-9,11-13,18,24H,2,10,14-17,19H2,1H3,(H,30,37)(H,31,32,33,34). The van der Waals surface area contributed by atoms with Gasteiger partial charge < -0.3 is 15.5 Å². The van der Waals surface area contributed by atoms with Crippen LogP contribution in [-0.4, -0.2) is 69.3 Å². The van der Waals surface area contributed by atoms with E-state index in [9.17, 15) is 4.79 Å². The van der Waals surface area contributed by atoms with Crippen LogP contribution in [0, 0.1) is 0 Å². The maximum absolute atomic E-state index is 12.7. The van der Waals surface area contributed by atoms with Gasteiger partial charge in [-0.25, -0.2) is 0 Å². The summed E-state index contributed by atoms with van der Waals surface area (Å²) in [5.41, 5.74) is 2.67. The van der Waals surface area contributed by atoms with Gasteiger partial charge in [-0.15, -0.1) is 0 Å². The topological polar surface area (TPSA) is 112 Å². The maximum atomic E-state index is 12.7. The van der Waals surface area contributed by atoms with Crippen LogP contribution in [0.4, 0.5) is 17.6 Å². The second-order valence-corrected chi connectivity index (χ2v) is 8.98. The third-order valence-corrected chi connectivity index (χ3v) is 6.33. The molecule has 2 N–H and O–H groups in total. The van der Waals surface area contributed by atoms with Gasteiger partial charge in [0.2, 0.25) is 11.9 Å². The number of para-hydroxylation sites is 1. The molecular formula is C27H31N9O. The summed E-state index contributed by atoms with van der Waals surface area (Å²) in [6.45, 7) is 6.46. The molecule has 1 unspecified atom stereocenters. The zero-order valence-corrected chi connectivity index (χ0v) is 20.9. The summed E-state index contributed by atoms with van der Waals surface area (Å²) in [6.07, 6.45) is 7.99. The van der Waals surface area contributed by atoms with Crippen molar-refractivity contribution in [3.05, 3.63) is 77.9 Å². The Morgan fingerprint density at radius 3 is 2.54 bits per heavy atom. The normalized spacial score (nSPS) is 17.8. The van der Waals surface area contributed by atoms with Gasteiger partial charge in [0.1, 0.15) is 12.0 Å². The molecule has 10 heteroatoms. The monoisotopic (exact) mass is 497 g/mol. The fourth-order valence-corrected chi connectivity index (χ4v) is 4.30. The van der Waals surface area contributed by atoms with Crippen LogP contribution in [0.15, 0.2) is 71.5 Å². The van der Waals surface area contributed by atoms with E-state index in [0.717, 1.165) is 44.2 Å². The molecule has 5 rings (SSSR count). The lowest BCUT2D eigenvalue weighted by Crippen LogP contribution is -2.46. The SMILES string of the molecule is CCc1nc(NC2C=C(C(=O)Nc3ccccc3)CC=N2)nc(N2CCN(Cc3ccncc3)CC2)n1. The van der Waals surface area contributed by atoms with Crippen molar-refractivity contribution in [2.24, 2.45) is 4.99 Å². The van der Waals surface area contributed by atoms with Crippen molar-refractivity contribution in [2.75, 3.05) is 41.7 Å². The van der Waals surface area contributed by atoms with Gasteiger partial charge in [-0.3, -0.25) is 19.7 Å². The summed E-state index contributed by atoms with van der Waals surface area (Å²) < 4.78 is 0. The van der Waals surface area contributed by atoms with Crippen molar-refractivity contribution in [3.63, 3.8) is 0 Å². The lowest BCUT2D eigenvalue weighted by molar-refractivity contribution is -0.112. The molecule has 1 amide bonds. The Kier molecular flexibility index (Phi) is 7.75. The van der Waals surface area contributed by atoms with Crippen LogP contribution in [0.25, 0.3) is 0 Å². The van der Waals surface area contributed by atoms with Crippen molar-refractivity contribution < 1.29 is 4.79 Å². The van der Waals surface area contributed by atoms with Crippen molar-refractivity contribution in [1.82, 2.24) is 24.8 Å². The highest BCUT2D eigenvalue weighted by Gasteiger charge is 2.22. The predicted octanol–water partition coefficient (Wildman–Crippen LogP) is 2.93. The van der Waals surface area contributed by atoms with Gasteiger partial charge in [0.25, 0.3) is 5.91 Å². The van der Waals surface area contributed by atoms with Crippen molar-refractivity contribution in [3.8, 4) is 0 Å². The molecule has 2 aliphatic rings. The fourth-order valence-electron chi connectivity index (χ4n) is 4.30. The minimum atomic E-state index is -0.428. The van der Waals surface area contributed by atoms with E-state index in [4.69, 9.17) is 4.98 Å². The van der Waals surface area contributed by atoms with Crippen LogP contribution in [0.5, 0.6) is 0 Å². The van der Waals surface area contributed by atoms with Gasteiger partial charge in [0.15, 0.2) is 0 Å². The van der Waals surface area contributed by atoms with E-state index in [1.165, 1.54) is 5.56 Å². The molecular weight excluding hydrogens is 466 g/mol. The zero-order valence-electron chi connectivity index (χ0n) is 20.9. The second-order valence-electron chi connectivity index (χ2n) is 8.98. The van der Waals surface area contributed by atoms with Gasteiger partial charge >= 0.3 is 0 Å². The Labute approximate surface area is 216 Å². The minimum Gasteiger partial charge on any atom is -0.338 e. The first-order valence-electron chi connectivity index (χ1n) is 12.6. The van der Waals surface area contributed by atoms with E-state index < -0.39 is 6.17 Å². The Hall–Kier alpha value is -4.18. The summed E-state index contributed by atoms with van der Waals surface area (Å²) in [6, 6.07) is 13.5. The highest BCUT2D eigenvalue weighted by molar-refractivity contribution is 6.06. The Balaban J connectivity index is 1.23. The van der Waals surface area contributed by atoms with E-state index >= 15 is 0 Å². The lowest BCUT2D eigenvalue weighted by atomic mass is 10.1. The number of nitrogens with one attached hydrogen (secondary N) is 2. The number of aliphatic imine (C=N–C) groups is 1. The maximum Gasteiger partial charge on any atom is 0.251 e. The number of amides is 1. The van der Waals surface area contributed by atoms with E-state index in [1.54, 1.807) is 6.21 Å². The number of dihydropyridines is 1. The molecule has 1 fully saturated rings. The van der Waals surface area contributed by atoms with Gasteiger partial charge in [-0.2, -0.15) is 15.0 Å².